The van der Waals surface area contributed by atoms with E-state index in [0.29, 0.717) is 38.8 Å². The predicted molar refractivity (Wildman–Crippen MR) is 86.0 cm³/mol. The van der Waals surface area contributed by atoms with Crippen LogP contribution in [0.3, 0.4) is 0 Å². The minimum absolute atomic E-state index is 0.0200. The summed E-state index contributed by atoms with van der Waals surface area (Å²) in [6.07, 6.45) is 5.36. The summed E-state index contributed by atoms with van der Waals surface area (Å²) in [5.74, 6) is -0.396. The molecular formula is C17H28N2O3. The first kappa shape index (κ1) is 18.4. The molecule has 2 heterocycles. The Kier molecular flexibility index (Phi) is 6.78. The van der Waals surface area contributed by atoms with Crippen molar-refractivity contribution in [1.82, 2.24) is 10.2 Å². The van der Waals surface area contributed by atoms with Crippen LogP contribution in [0, 0.1) is 5.41 Å². The molecule has 124 valence electrons. The number of amides is 3. The van der Waals surface area contributed by atoms with Gasteiger partial charge in [-0.1, -0.05) is 33.3 Å². The third kappa shape index (κ3) is 3.96. The van der Waals surface area contributed by atoms with Crippen LogP contribution in [-0.2, 0) is 14.4 Å². The molecule has 0 bridgehead atoms. The monoisotopic (exact) mass is 308 g/mol. The Labute approximate surface area is 133 Å². The van der Waals surface area contributed by atoms with Gasteiger partial charge in [0.25, 0.3) is 0 Å². The second-order valence-corrected chi connectivity index (χ2v) is 6.01. The van der Waals surface area contributed by atoms with Crippen molar-refractivity contribution in [2.24, 2.45) is 5.41 Å². The summed E-state index contributed by atoms with van der Waals surface area (Å²) in [6, 6.07) is 0. The van der Waals surface area contributed by atoms with Crippen LogP contribution in [0.15, 0.2) is 11.6 Å². The zero-order valence-electron chi connectivity index (χ0n) is 14.2. The summed E-state index contributed by atoms with van der Waals surface area (Å²) in [5.41, 5.74) is 0.236. The third-order valence-corrected chi connectivity index (χ3v) is 4.21. The van der Waals surface area contributed by atoms with Crippen molar-refractivity contribution in [3.05, 3.63) is 11.6 Å². The van der Waals surface area contributed by atoms with Gasteiger partial charge in [-0.25, -0.2) is 0 Å². The highest BCUT2D eigenvalue weighted by Crippen LogP contribution is 2.38. The molecule has 0 radical (unpaired) electrons. The van der Waals surface area contributed by atoms with Gasteiger partial charge >= 0.3 is 0 Å². The standard InChI is InChI=1S/C14H20N2O3.C3H8/c1-3-10(4-2)12(18)16-8-7-14(9-16)6-5-11(17)15-13(14)19;1-3-2/h3H,4-9H2,1-2H3,(H,15,17,19);3H2,1-2H3/b10-3+;. The van der Waals surface area contributed by atoms with Gasteiger partial charge in [-0.15, -0.1) is 0 Å². The number of hydrogen-bond donors (Lipinski definition) is 1. The highest BCUT2D eigenvalue weighted by molar-refractivity contribution is 6.01. The molecule has 1 atom stereocenters. The molecule has 0 aromatic heterocycles. The molecule has 2 aliphatic heterocycles. The third-order valence-electron chi connectivity index (χ3n) is 4.21. The van der Waals surface area contributed by atoms with E-state index in [9.17, 15) is 14.4 Å². The van der Waals surface area contributed by atoms with Crippen molar-refractivity contribution in [2.45, 2.75) is 59.8 Å². The van der Waals surface area contributed by atoms with Crippen LogP contribution in [0.25, 0.3) is 0 Å². The maximum atomic E-state index is 12.3. The molecule has 0 aromatic carbocycles. The molecule has 3 amide bonds. The average molecular weight is 308 g/mol. The second kappa shape index (κ2) is 8.11. The molecule has 1 unspecified atom stereocenters. The molecule has 5 nitrogen and oxygen atoms in total. The molecule has 22 heavy (non-hydrogen) atoms. The van der Waals surface area contributed by atoms with Crippen molar-refractivity contribution in [1.29, 1.82) is 0 Å². The van der Waals surface area contributed by atoms with Gasteiger partial charge in [0.1, 0.15) is 0 Å². The van der Waals surface area contributed by atoms with E-state index in [2.05, 4.69) is 19.2 Å². The Bertz CT molecular complexity index is 471. The van der Waals surface area contributed by atoms with Gasteiger partial charge in [-0.2, -0.15) is 0 Å². The minimum atomic E-state index is -0.545. The lowest BCUT2D eigenvalue weighted by Crippen LogP contribution is -2.50. The van der Waals surface area contributed by atoms with Crippen LogP contribution in [0.5, 0.6) is 0 Å². The van der Waals surface area contributed by atoms with Crippen LogP contribution in [0.1, 0.15) is 59.8 Å². The number of likely N-dealkylation sites (tertiary alicyclic amines) is 1. The van der Waals surface area contributed by atoms with Crippen LogP contribution < -0.4 is 5.32 Å². The normalized spacial score (nSPS) is 24.9. The molecule has 0 aromatic rings. The predicted octanol–water partition coefficient (Wildman–Crippen LogP) is 2.41. The quantitative estimate of drug-likeness (QED) is 0.629. The Hall–Kier alpha value is -1.65. The summed E-state index contributed by atoms with van der Waals surface area (Å²) in [7, 11) is 0. The summed E-state index contributed by atoms with van der Waals surface area (Å²) in [6.45, 7) is 9.08. The number of allylic oxidation sites excluding steroid dienone is 1. The van der Waals surface area contributed by atoms with Gasteiger partial charge in [0.2, 0.25) is 17.7 Å². The lowest BCUT2D eigenvalue weighted by molar-refractivity contribution is -0.141. The van der Waals surface area contributed by atoms with Crippen LogP contribution in [-0.4, -0.2) is 35.7 Å². The fourth-order valence-electron chi connectivity index (χ4n) is 2.91. The highest BCUT2D eigenvalue weighted by atomic mass is 16.2. The minimum Gasteiger partial charge on any atom is -0.338 e. The number of hydrogen-bond acceptors (Lipinski definition) is 3. The zero-order chi connectivity index (χ0) is 16.8. The molecule has 5 heteroatoms. The van der Waals surface area contributed by atoms with Crippen molar-refractivity contribution >= 4 is 17.7 Å². The van der Waals surface area contributed by atoms with E-state index in [4.69, 9.17) is 0 Å². The number of imide groups is 1. The van der Waals surface area contributed by atoms with Crippen molar-refractivity contribution in [3.8, 4) is 0 Å². The molecule has 0 aliphatic carbocycles. The Morgan fingerprint density at radius 1 is 1.27 bits per heavy atom. The van der Waals surface area contributed by atoms with Crippen LogP contribution >= 0.6 is 0 Å². The van der Waals surface area contributed by atoms with Gasteiger partial charge < -0.3 is 4.90 Å². The van der Waals surface area contributed by atoms with E-state index >= 15 is 0 Å². The molecule has 1 N–H and O–H groups in total. The maximum absolute atomic E-state index is 12.3. The van der Waals surface area contributed by atoms with Gasteiger partial charge in [0, 0.05) is 25.1 Å². The molecule has 2 saturated heterocycles. The first-order valence-corrected chi connectivity index (χ1v) is 8.22. The van der Waals surface area contributed by atoms with E-state index in [1.165, 1.54) is 6.42 Å². The number of piperidine rings is 1. The molecular weight excluding hydrogens is 280 g/mol. The van der Waals surface area contributed by atoms with E-state index in [1.807, 2.05) is 19.9 Å². The summed E-state index contributed by atoms with van der Waals surface area (Å²) in [4.78, 5) is 37.2. The highest BCUT2D eigenvalue weighted by Gasteiger charge is 2.48. The molecule has 1 spiro atoms. The van der Waals surface area contributed by atoms with E-state index in [1.54, 1.807) is 4.90 Å². The maximum Gasteiger partial charge on any atom is 0.249 e. The molecule has 2 fully saturated rings. The van der Waals surface area contributed by atoms with Crippen LogP contribution in [0.4, 0.5) is 0 Å². The molecule has 2 rings (SSSR count). The summed E-state index contributed by atoms with van der Waals surface area (Å²) in [5, 5.41) is 2.40. The van der Waals surface area contributed by atoms with E-state index in [-0.39, 0.29) is 17.7 Å². The van der Waals surface area contributed by atoms with Gasteiger partial charge in [0.15, 0.2) is 0 Å². The first-order valence-electron chi connectivity index (χ1n) is 8.22. The van der Waals surface area contributed by atoms with E-state index in [0.717, 1.165) is 5.57 Å². The fraction of sp³-hybridized carbons (Fsp3) is 0.706. The Balaban J connectivity index is 0.000000745. The molecule has 2 aliphatic rings. The summed E-state index contributed by atoms with van der Waals surface area (Å²) < 4.78 is 0. The lowest BCUT2D eigenvalue weighted by atomic mass is 9.79. The number of rotatable bonds is 2. The number of nitrogens with zero attached hydrogens (tertiary/aromatic N) is 1. The van der Waals surface area contributed by atoms with Crippen molar-refractivity contribution in [2.75, 3.05) is 13.1 Å². The SMILES string of the molecule is C/C=C(\CC)C(=O)N1CCC2(CCC(=O)NC2=O)C1.CCC. The van der Waals surface area contributed by atoms with Gasteiger partial charge in [-0.05, 0) is 26.2 Å². The first-order chi connectivity index (χ1) is 10.4. The lowest BCUT2D eigenvalue weighted by Gasteiger charge is -2.31. The fourth-order valence-corrected chi connectivity index (χ4v) is 2.91. The smallest absolute Gasteiger partial charge is 0.249 e. The molecule has 0 saturated carbocycles. The number of carbonyl (C=O) groups excluding carboxylic acids is 3. The van der Waals surface area contributed by atoms with Crippen LogP contribution in [0.2, 0.25) is 0 Å². The summed E-state index contributed by atoms with van der Waals surface area (Å²) >= 11 is 0. The average Bonchev–Trinajstić information content (AvgIpc) is 2.91. The zero-order valence-corrected chi connectivity index (χ0v) is 14.2. The Morgan fingerprint density at radius 2 is 1.91 bits per heavy atom. The topological polar surface area (TPSA) is 66.5 Å². The van der Waals surface area contributed by atoms with Crippen molar-refractivity contribution < 1.29 is 14.4 Å². The Morgan fingerprint density at radius 3 is 2.41 bits per heavy atom. The van der Waals surface area contributed by atoms with E-state index < -0.39 is 5.41 Å². The van der Waals surface area contributed by atoms with Crippen molar-refractivity contribution in [3.63, 3.8) is 0 Å². The largest absolute Gasteiger partial charge is 0.338 e. The number of carbonyl (C=O) groups is 3. The van der Waals surface area contributed by atoms with Gasteiger partial charge in [0.05, 0.1) is 5.41 Å². The second-order valence-electron chi connectivity index (χ2n) is 6.01. The van der Waals surface area contributed by atoms with Gasteiger partial charge in [-0.3, -0.25) is 19.7 Å². The number of nitrogens with one attached hydrogen (secondary N) is 1.